The summed E-state index contributed by atoms with van der Waals surface area (Å²) < 4.78 is 14.4. The van der Waals surface area contributed by atoms with E-state index in [-0.39, 0.29) is 17.8 Å². The van der Waals surface area contributed by atoms with Crippen LogP contribution in [0.2, 0.25) is 0 Å². The quantitative estimate of drug-likeness (QED) is 0.933. The van der Waals surface area contributed by atoms with Crippen LogP contribution in [0.4, 0.5) is 10.1 Å². The van der Waals surface area contributed by atoms with E-state index in [2.05, 4.69) is 15.9 Å². The van der Waals surface area contributed by atoms with Crippen molar-refractivity contribution in [3.8, 4) is 0 Å². The van der Waals surface area contributed by atoms with Crippen molar-refractivity contribution in [2.24, 2.45) is 5.92 Å². The Morgan fingerprint density at radius 1 is 1.53 bits per heavy atom. The highest BCUT2D eigenvalue weighted by molar-refractivity contribution is 9.10. The van der Waals surface area contributed by atoms with Crippen molar-refractivity contribution < 1.29 is 14.3 Å². The molecular formula is C12H13BrFNO2. The van der Waals surface area contributed by atoms with Gasteiger partial charge < -0.3 is 10.0 Å². The van der Waals surface area contributed by atoms with E-state index >= 15 is 0 Å². The number of halogens is 2. The first-order valence-electron chi connectivity index (χ1n) is 5.39. The molecule has 0 heterocycles. The lowest BCUT2D eigenvalue weighted by Gasteiger charge is -2.40. The minimum absolute atomic E-state index is 0.111. The highest BCUT2D eigenvalue weighted by Gasteiger charge is 2.37. The molecule has 1 N–H and O–H groups in total. The zero-order valence-corrected chi connectivity index (χ0v) is 10.9. The number of anilines is 1. The van der Waals surface area contributed by atoms with Gasteiger partial charge in [0.2, 0.25) is 0 Å². The van der Waals surface area contributed by atoms with E-state index in [4.69, 9.17) is 5.11 Å². The highest BCUT2D eigenvalue weighted by Crippen LogP contribution is 2.35. The molecule has 1 aliphatic rings. The van der Waals surface area contributed by atoms with Crippen molar-refractivity contribution in [1.82, 2.24) is 0 Å². The molecule has 0 unspecified atom stereocenters. The van der Waals surface area contributed by atoms with Gasteiger partial charge in [0, 0.05) is 17.6 Å². The largest absolute Gasteiger partial charge is 0.481 e. The number of carboxylic acid groups (broad SMARTS) is 1. The Bertz CT molecular complexity index is 446. The monoisotopic (exact) mass is 301 g/mol. The summed E-state index contributed by atoms with van der Waals surface area (Å²) >= 11 is 3.30. The van der Waals surface area contributed by atoms with Crippen LogP contribution in [0.3, 0.4) is 0 Å². The molecule has 1 aromatic rings. The van der Waals surface area contributed by atoms with Gasteiger partial charge in [-0.3, -0.25) is 4.79 Å². The number of hydrogen-bond acceptors (Lipinski definition) is 2. The third-order valence-electron chi connectivity index (χ3n) is 3.30. The van der Waals surface area contributed by atoms with Crippen LogP contribution in [0.1, 0.15) is 12.8 Å². The van der Waals surface area contributed by atoms with Crippen molar-refractivity contribution in [2.45, 2.75) is 18.9 Å². The van der Waals surface area contributed by atoms with Crippen LogP contribution in [0.15, 0.2) is 22.7 Å². The third kappa shape index (κ3) is 2.44. The van der Waals surface area contributed by atoms with Gasteiger partial charge in [-0.2, -0.15) is 0 Å². The predicted molar refractivity (Wildman–Crippen MR) is 66.7 cm³/mol. The van der Waals surface area contributed by atoms with E-state index in [9.17, 15) is 9.18 Å². The number of carbonyl (C=O) groups is 1. The van der Waals surface area contributed by atoms with Gasteiger partial charge in [-0.25, -0.2) is 4.39 Å². The molecule has 0 saturated heterocycles. The Morgan fingerprint density at radius 2 is 2.18 bits per heavy atom. The Balaban J connectivity index is 2.08. The van der Waals surface area contributed by atoms with E-state index in [1.54, 1.807) is 19.2 Å². The standard InChI is InChI=1S/C12H13BrFNO2/c1-15(9-4-7(5-9)12(16)17)11-6-8(13)2-3-10(11)14/h2-3,6-7,9H,4-5H2,1H3,(H,16,17). The molecule has 0 amide bonds. The molecule has 1 aromatic carbocycles. The van der Waals surface area contributed by atoms with Crippen LogP contribution < -0.4 is 4.90 Å². The molecule has 0 atom stereocenters. The molecule has 92 valence electrons. The fourth-order valence-electron chi connectivity index (χ4n) is 2.06. The molecule has 1 aliphatic carbocycles. The number of aliphatic carboxylic acids is 1. The lowest BCUT2D eigenvalue weighted by molar-refractivity contribution is -0.145. The van der Waals surface area contributed by atoms with Crippen LogP contribution in [-0.4, -0.2) is 24.2 Å². The summed E-state index contributed by atoms with van der Waals surface area (Å²) in [7, 11) is 1.80. The van der Waals surface area contributed by atoms with Crippen molar-refractivity contribution in [3.63, 3.8) is 0 Å². The molecule has 0 aliphatic heterocycles. The van der Waals surface area contributed by atoms with Gasteiger partial charge in [-0.05, 0) is 31.0 Å². The lowest BCUT2D eigenvalue weighted by Crippen LogP contribution is -2.45. The average Bonchev–Trinajstić information content (AvgIpc) is 2.18. The number of hydrogen-bond donors (Lipinski definition) is 1. The van der Waals surface area contributed by atoms with Gasteiger partial charge in [0.05, 0.1) is 11.6 Å². The third-order valence-corrected chi connectivity index (χ3v) is 3.79. The number of benzene rings is 1. The molecule has 0 bridgehead atoms. The van der Waals surface area contributed by atoms with Gasteiger partial charge in [0.1, 0.15) is 5.82 Å². The van der Waals surface area contributed by atoms with E-state index in [0.29, 0.717) is 18.5 Å². The van der Waals surface area contributed by atoms with Crippen molar-refractivity contribution in [3.05, 3.63) is 28.5 Å². The molecule has 1 fully saturated rings. The normalized spacial score (nSPS) is 23.0. The Labute approximate surface area is 107 Å². The van der Waals surface area contributed by atoms with Crippen LogP contribution in [-0.2, 0) is 4.79 Å². The first-order chi connectivity index (χ1) is 7.99. The Hall–Kier alpha value is -1.10. The van der Waals surface area contributed by atoms with E-state index < -0.39 is 5.97 Å². The molecular weight excluding hydrogens is 289 g/mol. The van der Waals surface area contributed by atoms with Crippen LogP contribution in [0.5, 0.6) is 0 Å². The maximum Gasteiger partial charge on any atom is 0.306 e. The van der Waals surface area contributed by atoms with Crippen molar-refractivity contribution in [2.75, 3.05) is 11.9 Å². The minimum Gasteiger partial charge on any atom is -0.481 e. The van der Waals surface area contributed by atoms with Crippen LogP contribution >= 0.6 is 15.9 Å². The SMILES string of the molecule is CN(c1cc(Br)ccc1F)C1CC(C(=O)O)C1. The van der Waals surface area contributed by atoms with Gasteiger partial charge >= 0.3 is 5.97 Å². The maximum absolute atomic E-state index is 13.6. The summed E-state index contributed by atoms with van der Waals surface area (Å²) in [5.74, 6) is -1.32. The van der Waals surface area contributed by atoms with Crippen LogP contribution in [0, 0.1) is 11.7 Å². The fourth-order valence-corrected chi connectivity index (χ4v) is 2.41. The topological polar surface area (TPSA) is 40.5 Å². The Morgan fingerprint density at radius 3 is 2.76 bits per heavy atom. The summed E-state index contributed by atoms with van der Waals surface area (Å²) in [5.41, 5.74) is 0.508. The summed E-state index contributed by atoms with van der Waals surface area (Å²) in [6, 6.07) is 4.88. The minimum atomic E-state index is -0.760. The zero-order chi connectivity index (χ0) is 12.6. The van der Waals surface area contributed by atoms with E-state index in [0.717, 1.165) is 4.47 Å². The van der Waals surface area contributed by atoms with E-state index in [1.807, 2.05) is 4.90 Å². The average molecular weight is 302 g/mol. The fraction of sp³-hybridized carbons (Fsp3) is 0.417. The number of rotatable bonds is 3. The number of carboxylic acids is 1. The first-order valence-corrected chi connectivity index (χ1v) is 6.19. The predicted octanol–water partition coefficient (Wildman–Crippen LogP) is 2.89. The van der Waals surface area contributed by atoms with Crippen molar-refractivity contribution >= 4 is 27.6 Å². The second-order valence-electron chi connectivity index (χ2n) is 4.37. The lowest BCUT2D eigenvalue weighted by atomic mass is 9.79. The zero-order valence-electron chi connectivity index (χ0n) is 9.36. The second-order valence-corrected chi connectivity index (χ2v) is 5.28. The molecule has 5 heteroatoms. The van der Waals surface area contributed by atoms with Gasteiger partial charge in [0.25, 0.3) is 0 Å². The summed E-state index contributed by atoms with van der Waals surface area (Å²) in [6.07, 6.45) is 1.16. The molecule has 0 spiro atoms. The van der Waals surface area contributed by atoms with E-state index in [1.165, 1.54) is 6.07 Å². The summed E-state index contributed by atoms with van der Waals surface area (Å²) in [4.78, 5) is 12.5. The van der Waals surface area contributed by atoms with Gasteiger partial charge in [-0.1, -0.05) is 15.9 Å². The summed E-state index contributed by atoms with van der Waals surface area (Å²) in [5, 5.41) is 8.80. The molecule has 17 heavy (non-hydrogen) atoms. The highest BCUT2D eigenvalue weighted by atomic mass is 79.9. The van der Waals surface area contributed by atoms with Gasteiger partial charge in [0.15, 0.2) is 0 Å². The van der Waals surface area contributed by atoms with Crippen LogP contribution in [0.25, 0.3) is 0 Å². The molecule has 0 radical (unpaired) electrons. The molecule has 0 aromatic heterocycles. The maximum atomic E-state index is 13.6. The first kappa shape index (κ1) is 12.4. The molecule has 2 rings (SSSR count). The Kier molecular flexibility index (Phi) is 3.38. The second kappa shape index (κ2) is 4.64. The summed E-state index contributed by atoms with van der Waals surface area (Å²) in [6.45, 7) is 0. The van der Waals surface area contributed by atoms with Crippen molar-refractivity contribution in [1.29, 1.82) is 0 Å². The molecule has 1 saturated carbocycles. The number of nitrogens with zero attached hydrogens (tertiary/aromatic N) is 1. The molecule has 3 nitrogen and oxygen atoms in total. The smallest absolute Gasteiger partial charge is 0.306 e. The van der Waals surface area contributed by atoms with Gasteiger partial charge in [-0.15, -0.1) is 0 Å².